The van der Waals surface area contributed by atoms with Crippen LogP contribution in [0.2, 0.25) is 0 Å². The average molecular weight is 920 g/mol. The van der Waals surface area contributed by atoms with Crippen molar-refractivity contribution in [2.75, 3.05) is 47.5 Å². The molecule has 0 saturated heterocycles. The number of phosphoric acid groups is 1. The quantitative estimate of drug-likeness (QED) is 0.0195. The average Bonchev–Trinajstić information content (AvgIpc) is 3.25. The van der Waals surface area contributed by atoms with Gasteiger partial charge in [0.25, 0.3) is 7.82 Å². The van der Waals surface area contributed by atoms with Gasteiger partial charge in [0, 0.05) is 12.8 Å². The van der Waals surface area contributed by atoms with Crippen LogP contribution in [-0.4, -0.2) is 70.0 Å². The number of esters is 2. The molecule has 10 heteroatoms. The number of phosphoric ester groups is 1. The van der Waals surface area contributed by atoms with Gasteiger partial charge in [-0.3, -0.25) is 14.2 Å². The minimum absolute atomic E-state index is 0.0374. The lowest BCUT2D eigenvalue weighted by Gasteiger charge is -2.28. The lowest BCUT2D eigenvalue weighted by atomic mass is 10.0. The molecular formula is C54H98NO8P. The molecule has 0 bridgehead atoms. The van der Waals surface area contributed by atoms with Gasteiger partial charge in [0.2, 0.25) is 0 Å². The summed E-state index contributed by atoms with van der Waals surface area (Å²) in [5, 5.41) is 0. The molecule has 0 fully saturated rings. The first-order chi connectivity index (χ1) is 31.0. The topological polar surface area (TPSA) is 111 Å². The van der Waals surface area contributed by atoms with Gasteiger partial charge in [0.05, 0.1) is 27.7 Å². The molecule has 0 amide bonds. The van der Waals surface area contributed by atoms with Crippen molar-refractivity contribution in [1.29, 1.82) is 0 Å². The van der Waals surface area contributed by atoms with E-state index in [0.717, 1.165) is 70.6 Å². The van der Waals surface area contributed by atoms with Crippen molar-refractivity contribution in [2.24, 2.45) is 0 Å². The molecule has 0 radical (unpaired) electrons. The van der Waals surface area contributed by atoms with Crippen LogP contribution in [0.3, 0.4) is 0 Å². The van der Waals surface area contributed by atoms with E-state index in [1.54, 1.807) is 0 Å². The summed E-state index contributed by atoms with van der Waals surface area (Å²) in [5.41, 5.74) is 0. The number of hydrogen-bond donors (Lipinski definition) is 0. The van der Waals surface area contributed by atoms with E-state index in [-0.39, 0.29) is 26.1 Å². The summed E-state index contributed by atoms with van der Waals surface area (Å²) in [7, 11) is 1.15. The second kappa shape index (κ2) is 45.8. The van der Waals surface area contributed by atoms with Gasteiger partial charge in [0.15, 0.2) is 6.10 Å². The van der Waals surface area contributed by atoms with Crippen molar-refractivity contribution in [2.45, 2.75) is 225 Å². The number of ether oxygens (including phenoxy) is 2. The van der Waals surface area contributed by atoms with Crippen LogP contribution in [0.5, 0.6) is 0 Å². The molecule has 0 heterocycles. The molecule has 64 heavy (non-hydrogen) atoms. The van der Waals surface area contributed by atoms with Crippen LogP contribution in [0.1, 0.15) is 219 Å². The van der Waals surface area contributed by atoms with Gasteiger partial charge in [-0.25, -0.2) is 0 Å². The smallest absolute Gasteiger partial charge is 0.306 e. The Morgan fingerprint density at radius 2 is 0.891 bits per heavy atom. The lowest BCUT2D eigenvalue weighted by molar-refractivity contribution is -0.870. The Morgan fingerprint density at radius 3 is 1.33 bits per heavy atom. The second-order valence-electron chi connectivity index (χ2n) is 18.5. The van der Waals surface area contributed by atoms with E-state index < -0.39 is 32.5 Å². The van der Waals surface area contributed by atoms with Crippen LogP contribution in [-0.2, 0) is 32.7 Å². The zero-order chi connectivity index (χ0) is 47.1. The molecule has 0 N–H and O–H groups in total. The summed E-state index contributed by atoms with van der Waals surface area (Å²) >= 11 is 0. The largest absolute Gasteiger partial charge is 0.756 e. The number of hydrogen-bond acceptors (Lipinski definition) is 8. The molecule has 0 aliphatic carbocycles. The van der Waals surface area contributed by atoms with Crippen molar-refractivity contribution in [1.82, 2.24) is 0 Å². The number of allylic oxidation sites excluding steroid dienone is 10. The molecule has 9 nitrogen and oxygen atoms in total. The third kappa shape index (κ3) is 49.2. The summed E-state index contributed by atoms with van der Waals surface area (Å²) in [6, 6.07) is 0. The maximum absolute atomic E-state index is 12.8. The fraction of sp³-hybridized carbons (Fsp3) is 0.778. The van der Waals surface area contributed by atoms with Crippen molar-refractivity contribution >= 4 is 19.8 Å². The zero-order valence-electron chi connectivity index (χ0n) is 42.0. The molecule has 0 rings (SSSR count). The summed E-state index contributed by atoms with van der Waals surface area (Å²) in [6.07, 6.45) is 56.8. The number of carbonyl (C=O) groups is 2. The van der Waals surface area contributed by atoms with Gasteiger partial charge >= 0.3 is 11.9 Å². The van der Waals surface area contributed by atoms with Crippen molar-refractivity contribution in [3.05, 3.63) is 60.8 Å². The van der Waals surface area contributed by atoms with E-state index in [1.807, 2.05) is 21.1 Å². The maximum atomic E-state index is 12.8. The standard InChI is InChI=1S/C54H98NO8P/c1-6-8-10-12-14-16-18-20-22-24-26-27-29-31-33-35-37-39-41-43-45-47-54(57)63-52(51-62-64(58,59)61-49-48-55(3,4)5)50-60-53(56)46-44-42-40-38-36-34-32-30-28-25-23-21-19-17-15-13-11-9-7-2/h9,11,15,17,21,23,28,30,34,36,52H,6-8,10,12-14,16,18-20,22,24-27,29,31-33,35,37-51H2,1-5H3/b11-9-,17-15-,23-21-,30-28-,36-34-/t52-/m1/s1. The molecule has 0 aromatic rings. The minimum Gasteiger partial charge on any atom is -0.756 e. The molecule has 1 unspecified atom stereocenters. The third-order valence-corrected chi connectivity index (χ3v) is 12.0. The van der Waals surface area contributed by atoms with E-state index in [1.165, 1.54) is 109 Å². The van der Waals surface area contributed by atoms with Crippen LogP contribution >= 0.6 is 7.82 Å². The van der Waals surface area contributed by atoms with E-state index in [9.17, 15) is 19.0 Å². The van der Waals surface area contributed by atoms with Crippen molar-refractivity contribution in [3.8, 4) is 0 Å². The van der Waals surface area contributed by atoms with Crippen LogP contribution < -0.4 is 4.89 Å². The molecule has 0 saturated carbocycles. The minimum atomic E-state index is -4.64. The second-order valence-corrected chi connectivity index (χ2v) is 19.9. The number of rotatable bonds is 47. The predicted octanol–water partition coefficient (Wildman–Crippen LogP) is 15.0. The molecule has 0 aliphatic rings. The number of quaternary nitrogens is 1. The molecule has 0 aromatic carbocycles. The van der Waals surface area contributed by atoms with Crippen LogP contribution in [0.4, 0.5) is 0 Å². The van der Waals surface area contributed by atoms with Gasteiger partial charge < -0.3 is 27.9 Å². The van der Waals surface area contributed by atoms with Gasteiger partial charge in [-0.1, -0.05) is 209 Å². The number of unbranched alkanes of at least 4 members (excludes halogenated alkanes) is 23. The summed E-state index contributed by atoms with van der Waals surface area (Å²) in [5.74, 6) is -0.867. The van der Waals surface area contributed by atoms with Crippen molar-refractivity contribution in [3.63, 3.8) is 0 Å². The summed E-state index contributed by atoms with van der Waals surface area (Å²) in [4.78, 5) is 37.7. The Labute approximate surface area is 394 Å². The normalized spacial score (nSPS) is 13.9. The first kappa shape index (κ1) is 61.7. The highest BCUT2D eigenvalue weighted by Gasteiger charge is 2.21. The SMILES string of the molecule is CC/C=C\C/C=C\C/C=C\C/C=C\C/C=C\CCCCCC(=O)OC[C@H](COP(=O)([O-])OCC[N+](C)(C)C)OC(=O)CCCCCCCCCCCCCCCCCCCCCCC. The Bertz CT molecular complexity index is 1270. The van der Waals surface area contributed by atoms with Gasteiger partial charge in [-0.05, 0) is 57.8 Å². The highest BCUT2D eigenvalue weighted by molar-refractivity contribution is 7.45. The lowest BCUT2D eigenvalue weighted by Crippen LogP contribution is -2.37. The Hall–Kier alpha value is -2.29. The van der Waals surface area contributed by atoms with Gasteiger partial charge in [-0.15, -0.1) is 0 Å². The Morgan fingerprint density at radius 1 is 0.500 bits per heavy atom. The molecule has 0 aromatic heterocycles. The zero-order valence-corrected chi connectivity index (χ0v) is 42.9. The van der Waals surface area contributed by atoms with E-state index in [0.29, 0.717) is 23.9 Å². The Balaban J connectivity index is 4.29. The fourth-order valence-corrected chi connectivity index (χ4v) is 7.76. The maximum Gasteiger partial charge on any atom is 0.306 e. The first-order valence-electron chi connectivity index (χ1n) is 26.0. The summed E-state index contributed by atoms with van der Waals surface area (Å²) < 4.78 is 34.0. The van der Waals surface area contributed by atoms with Crippen molar-refractivity contribution < 1.29 is 42.1 Å². The monoisotopic (exact) mass is 920 g/mol. The Kier molecular flexibility index (Phi) is 44.2. The van der Waals surface area contributed by atoms with E-state index in [2.05, 4.69) is 74.6 Å². The fourth-order valence-electron chi connectivity index (χ4n) is 7.04. The molecule has 372 valence electrons. The summed E-state index contributed by atoms with van der Waals surface area (Å²) in [6.45, 7) is 4.10. The third-order valence-electron chi connectivity index (χ3n) is 11.1. The first-order valence-corrected chi connectivity index (χ1v) is 27.5. The highest BCUT2D eigenvalue weighted by Crippen LogP contribution is 2.38. The van der Waals surface area contributed by atoms with Gasteiger partial charge in [0.1, 0.15) is 19.8 Å². The molecule has 2 atom stereocenters. The number of carbonyl (C=O) groups excluding carboxylic acids is 2. The molecular weight excluding hydrogens is 822 g/mol. The highest BCUT2D eigenvalue weighted by atomic mass is 31.2. The van der Waals surface area contributed by atoms with Crippen LogP contribution in [0, 0.1) is 0 Å². The van der Waals surface area contributed by atoms with Gasteiger partial charge in [-0.2, -0.15) is 0 Å². The van der Waals surface area contributed by atoms with Crippen LogP contribution in [0.25, 0.3) is 0 Å². The number of likely N-dealkylation sites (N-methyl/N-ethyl adjacent to an activating group) is 1. The predicted molar refractivity (Wildman–Crippen MR) is 268 cm³/mol. The molecule has 0 aliphatic heterocycles. The van der Waals surface area contributed by atoms with E-state index in [4.69, 9.17) is 18.5 Å². The number of nitrogens with zero attached hydrogens (tertiary/aromatic N) is 1. The molecule has 0 spiro atoms. The van der Waals surface area contributed by atoms with E-state index >= 15 is 0 Å². The van der Waals surface area contributed by atoms with Crippen LogP contribution in [0.15, 0.2) is 60.8 Å².